The number of rotatable bonds is 4. The summed E-state index contributed by atoms with van der Waals surface area (Å²) >= 11 is 0. The van der Waals surface area contributed by atoms with Crippen molar-refractivity contribution in [2.45, 2.75) is 37.1 Å². The van der Waals surface area contributed by atoms with E-state index >= 15 is 0 Å². The fourth-order valence-electron chi connectivity index (χ4n) is 2.89. The third kappa shape index (κ3) is 2.26. The molecule has 0 aliphatic carbocycles. The number of hydrogen-bond donors (Lipinski definition) is 2. The van der Waals surface area contributed by atoms with E-state index in [1.165, 1.54) is 23.5 Å². The maximum atomic E-state index is 11.9. The lowest BCUT2D eigenvalue weighted by Gasteiger charge is -2.34. The Bertz CT molecular complexity index is 667. The highest BCUT2D eigenvalue weighted by Crippen LogP contribution is 2.49. The lowest BCUT2D eigenvalue weighted by Crippen LogP contribution is -2.50. The fraction of sp³-hybridized carbons (Fsp3) is 0.667. The van der Waals surface area contributed by atoms with E-state index in [0.29, 0.717) is 0 Å². The summed E-state index contributed by atoms with van der Waals surface area (Å²) in [5.41, 5.74) is 3.69. The fourth-order valence-corrected chi connectivity index (χ4v) is 3.27. The number of ether oxygens (including phenoxy) is 2. The Labute approximate surface area is 126 Å². The first-order chi connectivity index (χ1) is 10.3. The van der Waals surface area contributed by atoms with Crippen LogP contribution < -0.4 is 11.4 Å². The van der Waals surface area contributed by atoms with Crippen LogP contribution in [0.3, 0.4) is 0 Å². The maximum absolute atomic E-state index is 11.9. The minimum Gasteiger partial charge on any atom is -0.387 e. The van der Waals surface area contributed by atoms with Crippen molar-refractivity contribution in [3.63, 3.8) is 0 Å². The zero-order valence-electron chi connectivity index (χ0n) is 12.1. The van der Waals surface area contributed by atoms with Gasteiger partial charge >= 0.3 is 13.7 Å². The first-order valence-corrected chi connectivity index (χ1v) is 8.37. The van der Waals surface area contributed by atoms with Crippen molar-refractivity contribution in [3.05, 3.63) is 22.7 Å². The van der Waals surface area contributed by atoms with Gasteiger partial charge in [-0.2, -0.15) is 4.98 Å². The van der Waals surface area contributed by atoms with Crippen molar-refractivity contribution in [3.8, 4) is 0 Å². The predicted octanol–water partition coefficient (Wildman–Crippen LogP) is -0.370. The second kappa shape index (κ2) is 5.36. The maximum Gasteiger partial charge on any atom is 0.504 e. The Balaban J connectivity index is 1.92. The summed E-state index contributed by atoms with van der Waals surface area (Å²) in [6.07, 6.45) is -1.62. The van der Waals surface area contributed by atoms with E-state index in [9.17, 15) is 14.5 Å². The minimum atomic E-state index is -1.85. The first-order valence-electron chi connectivity index (χ1n) is 6.75. The van der Waals surface area contributed by atoms with Gasteiger partial charge in [0.15, 0.2) is 18.5 Å². The molecule has 6 atom stereocenters. The third-order valence-corrected chi connectivity index (χ3v) is 4.57. The summed E-state index contributed by atoms with van der Waals surface area (Å²) in [5.74, 6) is 0.0975. The molecule has 120 valence electrons. The van der Waals surface area contributed by atoms with Crippen LogP contribution in [0.4, 0.5) is 5.82 Å². The van der Waals surface area contributed by atoms with Crippen molar-refractivity contribution in [1.29, 1.82) is 0 Å². The number of aliphatic hydroxyl groups excluding tert-OH is 1. The number of nitrogens with two attached hydrogens (primary N) is 1. The first kappa shape index (κ1) is 15.5. The molecule has 9 nitrogen and oxygen atoms in total. The number of nitrogens with zero attached hydrogens (tertiary/aromatic N) is 2. The van der Waals surface area contributed by atoms with Gasteiger partial charge in [0, 0.05) is 6.20 Å². The predicted molar refractivity (Wildman–Crippen MR) is 75.6 cm³/mol. The van der Waals surface area contributed by atoms with Gasteiger partial charge in [0.2, 0.25) is 0 Å². The molecule has 2 bridgehead atoms. The highest BCUT2D eigenvalue weighted by Gasteiger charge is 2.66. The molecule has 1 unspecified atom stereocenters. The van der Waals surface area contributed by atoms with Gasteiger partial charge < -0.3 is 20.3 Å². The molecule has 2 fully saturated rings. The SMILES string of the molecule is C[C@@H]1O[C@H]2[C@H](n3ccc(N)nc3=O)O[C@]1(CO[P+](C)=O)[C@H]2O. The van der Waals surface area contributed by atoms with Crippen LogP contribution in [0, 0.1) is 0 Å². The Morgan fingerprint density at radius 1 is 1.64 bits per heavy atom. The molecule has 0 amide bonds. The minimum absolute atomic E-state index is 0.0921. The molecule has 22 heavy (non-hydrogen) atoms. The van der Waals surface area contributed by atoms with E-state index < -0.39 is 43.9 Å². The van der Waals surface area contributed by atoms with Crippen LogP contribution in [0.2, 0.25) is 0 Å². The molecule has 2 saturated heterocycles. The number of fused-ring (bicyclic) bond motifs is 2. The van der Waals surface area contributed by atoms with E-state index in [2.05, 4.69) is 4.98 Å². The number of anilines is 1. The largest absolute Gasteiger partial charge is 0.504 e. The molecule has 0 saturated carbocycles. The van der Waals surface area contributed by atoms with Crippen LogP contribution in [-0.2, 0) is 18.6 Å². The lowest BCUT2D eigenvalue weighted by molar-refractivity contribution is -0.215. The number of nitrogen functional groups attached to an aromatic ring is 1. The molecule has 0 aromatic carbocycles. The summed E-state index contributed by atoms with van der Waals surface area (Å²) in [6.45, 7) is 3.05. The van der Waals surface area contributed by atoms with Crippen molar-refractivity contribution < 1.29 is 23.7 Å². The van der Waals surface area contributed by atoms with Crippen molar-refractivity contribution in [1.82, 2.24) is 9.55 Å². The Kier molecular flexibility index (Phi) is 3.78. The summed E-state index contributed by atoms with van der Waals surface area (Å²) < 4.78 is 29.1. The van der Waals surface area contributed by atoms with Gasteiger partial charge in [0.05, 0.1) is 6.10 Å². The van der Waals surface area contributed by atoms with Gasteiger partial charge in [-0.15, -0.1) is 4.52 Å². The molecule has 2 aliphatic heterocycles. The summed E-state index contributed by atoms with van der Waals surface area (Å²) in [4.78, 5) is 15.6. The number of aliphatic hydroxyl groups is 1. The molecule has 1 aromatic rings. The topological polar surface area (TPSA) is 126 Å². The van der Waals surface area contributed by atoms with Crippen molar-refractivity contribution >= 4 is 13.8 Å². The number of aromatic nitrogens is 2. The molecule has 0 spiro atoms. The average molecular weight is 330 g/mol. The molecule has 10 heteroatoms. The van der Waals surface area contributed by atoms with E-state index in [-0.39, 0.29) is 12.4 Å². The van der Waals surface area contributed by atoms with Crippen molar-refractivity contribution in [2.24, 2.45) is 0 Å². The summed E-state index contributed by atoms with van der Waals surface area (Å²) in [5, 5.41) is 10.5. The Morgan fingerprint density at radius 3 is 3.00 bits per heavy atom. The smallest absolute Gasteiger partial charge is 0.387 e. The lowest BCUT2D eigenvalue weighted by atomic mass is 9.94. The van der Waals surface area contributed by atoms with Crippen LogP contribution in [0.1, 0.15) is 13.2 Å². The van der Waals surface area contributed by atoms with E-state index in [1.807, 2.05) is 0 Å². The number of hydrogen-bond acceptors (Lipinski definition) is 8. The molecule has 1 aromatic heterocycles. The highest BCUT2D eigenvalue weighted by molar-refractivity contribution is 7.38. The molecule has 3 heterocycles. The Morgan fingerprint density at radius 2 is 2.36 bits per heavy atom. The van der Waals surface area contributed by atoms with Crippen LogP contribution in [0.15, 0.2) is 17.1 Å². The van der Waals surface area contributed by atoms with Gasteiger partial charge in [-0.1, -0.05) is 0 Å². The average Bonchev–Trinajstić information content (AvgIpc) is 2.84. The van der Waals surface area contributed by atoms with Crippen LogP contribution in [-0.4, -0.2) is 51.8 Å². The standard InChI is InChI=1S/C12H16N3O6P/c1-6-12(5-19-22(2)18)9(16)8(20-6)10(21-12)15-4-3-7(13)14-11(15)17/h3-4,6,8-10,16H,5H2,1-2H3,(H-,13,14,17)/p+1/t6-,8+,9-,10+,12-/m0/s1. The summed E-state index contributed by atoms with van der Waals surface area (Å²) in [7, 11) is -1.85. The van der Waals surface area contributed by atoms with E-state index in [0.717, 1.165) is 0 Å². The molecule has 2 aliphatic rings. The molecular formula is C12H17N3O6P+. The normalized spacial score (nSPS) is 37.5. The second-order valence-corrected chi connectivity index (χ2v) is 6.54. The third-order valence-electron chi connectivity index (χ3n) is 4.08. The zero-order valence-corrected chi connectivity index (χ0v) is 13.0. The highest BCUT2D eigenvalue weighted by atomic mass is 31.1. The zero-order chi connectivity index (χ0) is 16.1. The molecule has 3 rings (SSSR count). The van der Waals surface area contributed by atoms with E-state index in [4.69, 9.17) is 19.7 Å². The Hall–Kier alpha value is -1.38. The second-order valence-electron chi connectivity index (χ2n) is 5.41. The van der Waals surface area contributed by atoms with Crippen LogP contribution in [0.25, 0.3) is 0 Å². The quantitative estimate of drug-likeness (QED) is 0.716. The van der Waals surface area contributed by atoms with E-state index in [1.54, 1.807) is 6.92 Å². The monoisotopic (exact) mass is 330 g/mol. The van der Waals surface area contributed by atoms with Crippen molar-refractivity contribution in [2.75, 3.05) is 19.0 Å². The van der Waals surface area contributed by atoms with Crippen LogP contribution in [0.5, 0.6) is 0 Å². The van der Waals surface area contributed by atoms with Gasteiger partial charge in [-0.25, -0.2) is 4.79 Å². The molecule has 0 radical (unpaired) electrons. The summed E-state index contributed by atoms with van der Waals surface area (Å²) in [6, 6.07) is 1.46. The van der Waals surface area contributed by atoms with Gasteiger partial charge in [0.1, 0.15) is 24.6 Å². The van der Waals surface area contributed by atoms with Gasteiger partial charge in [-0.3, -0.25) is 4.57 Å². The molecule has 3 N–H and O–H groups in total. The van der Waals surface area contributed by atoms with Gasteiger partial charge in [-0.05, 0) is 17.6 Å². The molecular weight excluding hydrogens is 313 g/mol. The van der Waals surface area contributed by atoms with Gasteiger partial charge in [0.25, 0.3) is 0 Å². The van der Waals surface area contributed by atoms with Crippen LogP contribution >= 0.6 is 8.03 Å².